The Bertz CT molecular complexity index is 148. The van der Waals surface area contributed by atoms with Gasteiger partial charge in [0, 0.05) is 14.1 Å². The summed E-state index contributed by atoms with van der Waals surface area (Å²) in [5.41, 5.74) is 0. The van der Waals surface area contributed by atoms with E-state index >= 15 is 0 Å². The van der Waals surface area contributed by atoms with Gasteiger partial charge in [-0.3, -0.25) is 10.1 Å². The second kappa shape index (κ2) is 4.77. The van der Waals surface area contributed by atoms with Gasteiger partial charge in [-0.1, -0.05) is 0 Å². The number of nitrogens with one attached hydrogen (secondary N) is 1. The van der Waals surface area contributed by atoms with E-state index in [0.29, 0.717) is 0 Å². The molecule has 1 amide bonds. The lowest BCUT2D eigenvalue weighted by atomic mass is 10.5. The van der Waals surface area contributed by atoms with Crippen molar-refractivity contribution in [3.8, 4) is 6.07 Å². The maximum Gasteiger partial charge on any atom is 0.236 e. The van der Waals surface area contributed by atoms with Gasteiger partial charge in [-0.25, -0.2) is 0 Å². The maximum absolute atomic E-state index is 10.8. The highest BCUT2D eigenvalue weighted by Gasteiger charge is 2.00. The first kappa shape index (κ1) is 8.92. The second-order valence-corrected chi connectivity index (χ2v) is 2.05. The molecule has 0 saturated heterocycles. The van der Waals surface area contributed by atoms with E-state index in [4.69, 9.17) is 5.26 Å². The molecule has 0 aliphatic carbocycles. The van der Waals surface area contributed by atoms with Gasteiger partial charge < -0.3 is 4.90 Å². The van der Waals surface area contributed by atoms with E-state index in [9.17, 15) is 4.79 Å². The standard InChI is InChI=1S/C6H11N3O/c1-9(2)6(10)5-8-4-3-7/h8H,4-5H2,1-2H3. The Morgan fingerprint density at radius 3 is 2.70 bits per heavy atom. The van der Waals surface area contributed by atoms with E-state index < -0.39 is 0 Å². The molecule has 1 N–H and O–H groups in total. The Labute approximate surface area is 60.4 Å². The average Bonchev–Trinajstić information content (AvgIpc) is 1.88. The molecule has 0 spiro atoms. The number of hydrogen-bond acceptors (Lipinski definition) is 3. The molecule has 0 heterocycles. The lowest BCUT2D eigenvalue weighted by Gasteiger charge is -2.08. The molecule has 0 bridgehead atoms. The van der Waals surface area contributed by atoms with E-state index in [1.165, 1.54) is 4.90 Å². The first-order chi connectivity index (χ1) is 4.68. The Morgan fingerprint density at radius 2 is 2.30 bits per heavy atom. The van der Waals surface area contributed by atoms with Crippen LogP contribution in [0.15, 0.2) is 0 Å². The molecule has 0 unspecified atom stereocenters. The number of rotatable bonds is 3. The Kier molecular flexibility index (Phi) is 4.25. The van der Waals surface area contributed by atoms with E-state index in [0.717, 1.165) is 0 Å². The molecule has 10 heavy (non-hydrogen) atoms. The smallest absolute Gasteiger partial charge is 0.236 e. The minimum Gasteiger partial charge on any atom is -0.348 e. The van der Waals surface area contributed by atoms with Crippen LogP contribution in [0.25, 0.3) is 0 Å². The van der Waals surface area contributed by atoms with Crippen molar-refractivity contribution in [1.82, 2.24) is 10.2 Å². The molecule has 0 fully saturated rings. The van der Waals surface area contributed by atoms with Crippen molar-refractivity contribution in [2.45, 2.75) is 0 Å². The van der Waals surface area contributed by atoms with Crippen molar-refractivity contribution in [2.24, 2.45) is 0 Å². The summed E-state index contributed by atoms with van der Waals surface area (Å²) in [5, 5.41) is 10.7. The van der Waals surface area contributed by atoms with Crippen LogP contribution in [0.3, 0.4) is 0 Å². The molecule has 0 aromatic carbocycles. The second-order valence-electron chi connectivity index (χ2n) is 2.05. The molecule has 0 aromatic rings. The number of amides is 1. The van der Waals surface area contributed by atoms with Crippen LogP contribution in [-0.4, -0.2) is 38.0 Å². The van der Waals surface area contributed by atoms with Crippen LogP contribution < -0.4 is 5.32 Å². The number of carbonyl (C=O) groups excluding carboxylic acids is 1. The van der Waals surface area contributed by atoms with Gasteiger partial charge in [0.15, 0.2) is 0 Å². The third-order valence-electron chi connectivity index (χ3n) is 0.979. The van der Waals surface area contributed by atoms with Crippen molar-refractivity contribution >= 4 is 5.91 Å². The summed E-state index contributed by atoms with van der Waals surface area (Å²) in [6.07, 6.45) is 0. The van der Waals surface area contributed by atoms with Gasteiger partial charge in [0.25, 0.3) is 0 Å². The van der Waals surface area contributed by atoms with Crippen LogP contribution in [0.1, 0.15) is 0 Å². The molecule has 0 aliphatic rings. The SMILES string of the molecule is CN(C)C(=O)CNCC#N. The van der Waals surface area contributed by atoms with Gasteiger partial charge in [-0.15, -0.1) is 0 Å². The van der Waals surface area contributed by atoms with Crippen LogP contribution in [0.4, 0.5) is 0 Å². The molecule has 0 saturated carbocycles. The van der Waals surface area contributed by atoms with Gasteiger partial charge in [0.2, 0.25) is 5.91 Å². The molecule has 4 heteroatoms. The highest BCUT2D eigenvalue weighted by atomic mass is 16.2. The first-order valence-corrected chi connectivity index (χ1v) is 2.96. The predicted molar refractivity (Wildman–Crippen MR) is 37.2 cm³/mol. The molecule has 0 aliphatic heterocycles. The van der Waals surface area contributed by atoms with Gasteiger partial charge in [-0.05, 0) is 0 Å². The molecule has 0 radical (unpaired) electrons. The van der Waals surface area contributed by atoms with Gasteiger partial charge >= 0.3 is 0 Å². The Balaban J connectivity index is 3.33. The van der Waals surface area contributed by atoms with Gasteiger partial charge in [0.05, 0.1) is 19.2 Å². The largest absolute Gasteiger partial charge is 0.348 e. The molecular formula is C6H11N3O. The van der Waals surface area contributed by atoms with Crippen LogP contribution in [0.2, 0.25) is 0 Å². The monoisotopic (exact) mass is 141 g/mol. The third-order valence-corrected chi connectivity index (χ3v) is 0.979. The van der Waals surface area contributed by atoms with E-state index in [-0.39, 0.29) is 19.0 Å². The summed E-state index contributed by atoms with van der Waals surface area (Å²) in [4.78, 5) is 12.2. The van der Waals surface area contributed by atoms with Crippen molar-refractivity contribution in [1.29, 1.82) is 5.26 Å². The van der Waals surface area contributed by atoms with Crippen molar-refractivity contribution < 1.29 is 4.79 Å². The summed E-state index contributed by atoms with van der Waals surface area (Å²) in [6.45, 7) is 0.458. The predicted octanol–water partition coefficient (Wildman–Crippen LogP) is -0.812. The van der Waals surface area contributed by atoms with E-state index in [1.807, 2.05) is 6.07 Å². The summed E-state index contributed by atoms with van der Waals surface area (Å²) < 4.78 is 0. The molecule has 56 valence electrons. The number of likely N-dealkylation sites (N-methyl/N-ethyl adjacent to an activating group) is 1. The Hall–Kier alpha value is -1.08. The van der Waals surface area contributed by atoms with Gasteiger partial charge in [-0.2, -0.15) is 5.26 Å². The fourth-order valence-electron chi connectivity index (χ4n) is 0.383. The number of hydrogen-bond donors (Lipinski definition) is 1. The molecule has 0 atom stereocenters. The summed E-state index contributed by atoms with van der Waals surface area (Å²) in [6, 6.07) is 1.88. The van der Waals surface area contributed by atoms with E-state index in [1.54, 1.807) is 14.1 Å². The molecule has 0 rings (SSSR count). The lowest BCUT2D eigenvalue weighted by molar-refractivity contribution is -0.127. The summed E-state index contributed by atoms with van der Waals surface area (Å²) in [5.74, 6) is -0.0183. The van der Waals surface area contributed by atoms with E-state index in [2.05, 4.69) is 5.32 Å². The number of carbonyl (C=O) groups is 1. The van der Waals surface area contributed by atoms with Crippen LogP contribution in [0.5, 0.6) is 0 Å². The fourth-order valence-corrected chi connectivity index (χ4v) is 0.383. The number of nitriles is 1. The first-order valence-electron chi connectivity index (χ1n) is 2.96. The quantitative estimate of drug-likeness (QED) is 0.413. The summed E-state index contributed by atoms with van der Waals surface area (Å²) in [7, 11) is 3.35. The molecular weight excluding hydrogens is 130 g/mol. The minimum absolute atomic E-state index is 0.0183. The average molecular weight is 141 g/mol. The molecule has 4 nitrogen and oxygen atoms in total. The fraction of sp³-hybridized carbons (Fsp3) is 0.667. The zero-order valence-corrected chi connectivity index (χ0v) is 6.22. The zero-order chi connectivity index (χ0) is 7.98. The van der Waals surface area contributed by atoms with Crippen LogP contribution >= 0.6 is 0 Å². The normalized spacial score (nSPS) is 8.50. The van der Waals surface area contributed by atoms with Gasteiger partial charge in [0.1, 0.15) is 0 Å². The number of nitrogens with zero attached hydrogens (tertiary/aromatic N) is 2. The topological polar surface area (TPSA) is 56.1 Å². The zero-order valence-electron chi connectivity index (χ0n) is 6.22. The maximum atomic E-state index is 10.8. The minimum atomic E-state index is -0.0183. The molecule has 0 aromatic heterocycles. The lowest BCUT2D eigenvalue weighted by Crippen LogP contribution is -2.32. The van der Waals surface area contributed by atoms with Crippen molar-refractivity contribution in [2.75, 3.05) is 27.2 Å². The van der Waals surface area contributed by atoms with Crippen LogP contribution in [-0.2, 0) is 4.79 Å². The van der Waals surface area contributed by atoms with Crippen molar-refractivity contribution in [3.05, 3.63) is 0 Å². The highest BCUT2D eigenvalue weighted by molar-refractivity contribution is 5.77. The third kappa shape index (κ3) is 3.87. The Morgan fingerprint density at radius 1 is 1.70 bits per heavy atom. The van der Waals surface area contributed by atoms with Crippen LogP contribution in [0, 0.1) is 11.3 Å². The highest BCUT2D eigenvalue weighted by Crippen LogP contribution is 1.73. The summed E-state index contributed by atoms with van der Waals surface area (Å²) >= 11 is 0. The van der Waals surface area contributed by atoms with Crippen molar-refractivity contribution in [3.63, 3.8) is 0 Å².